The number of carbonyl (C=O) groups excluding carboxylic acids is 1. The number of rotatable bonds is 6. The lowest BCUT2D eigenvalue weighted by molar-refractivity contribution is 0.0937. The normalized spacial score (nSPS) is 18.7. The smallest absolute Gasteiger partial charge is 0.252 e. The number of benzene rings is 1. The topological polar surface area (TPSA) is 61.8 Å². The quantitative estimate of drug-likeness (QED) is 0.836. The maximum Gasteiger partial charge on any atom is 0.252 e. The van der Waals surface area contributed by atoms with Crippen LogP contribution in [0, 0.1) is 0 Å². The number of nitrogens with zero attached hydrogens (tertiary/aromatic N) is 1. The van der Waals surface area contributed by atoms with Crippen LogP contribution in [0.1, 0.15) is 23.2 Å². The van der Waals surface area contributed by atoms with Crippen LogP contribution in [0.3, 0.4) is 0 Å². The van der Waals surface area contributed by atoms with Crippen molar-refractivity contribution in [3.63, 3.8) is 0 Å². The Kier molecular flexibility index (Phi) is 5.85. The molecule has 1 heterocycles. The molecule has 1 amide bonds. The molecular weight excluding hydrogens is 292 g/mol. The molecule has 1 aliphatic rings. The highest BCUT2D eigenvalue weighted by molar-refractivity contribution is 6.33. The summed E-state index contributed by atoms with van der Waals surface area (Å²) in [5, 5.41) is 12.4. The molecule has 0 aliphatic carbocycles. The van der Waals surface area contributed by atoms with Crippen molar-refractivity contribution >= 4 is 17.5 Å². The fourth-order valence-corrected chi connectivity index (χ4v) is 2.86. The third kappa shape index (κ3) is 4.09. The van der Waals surface area contributed by atoms with Crippen molar-refractivity contribution in [2.24, 2.45) is 0 Å². The van der Waals surface area contributed by atoms with Gasteiger partial charge in [-0.15, -0.1) is 0 Å². The molecule has 1 aromatic carbocycles. The summed E-state index contributed by atoms with van der Waals surface area (Å²) in [7, 11) is 1.55. The third-order valence-corrected chi connectivity index (χ3v) is 4.13. The lowest BCUT2D eigenvalue weighted by Gasteiger charge is -2.23. The fourth-order valence-electron chi connectivity index (χ4n) is 2.66. The van der Waals surface area contributed by atoms with Crippen molar-refractivity contribution < 1.29 is 14.6 Å². The van der Waals surface area contributed by atoms with Gasteiger partial charge in [0, 0.05) is 19.1 Å². The fraction of sp³-hybridized carbons (Fsp3) is 0.533. The Morgan fingerprint density at radius 2 is 2.38 bits per heavy atom. The van der Waals surface area contributed by atoms with E-state index in [2.05, 4.69) is 10.2 Å². The maximum atomic E-state index is 12.2. The Labute approximate surface area is 129 Å². The van der Waals surface area contributed by atoms with Crippen LogP contribution < -0.4 is 10.1 Å². The number of amides is 1. The number of nitrogens with one attached hydrogen (secondary N) is 1. The summed E-state index contributed by atoms with van der Waals surface area (Å²) in [6, 6.07) is 5.30. The van der Waals surface area contributed by atoms with Gasteiger partial charge in [0.15, 0.2) is 0 Å². The molecule has 5 nitrogen and oxygen atoms in total. The minimum atomic E-state index is -0.199. The number of β-amino-alcohol motifs (C(OH)–C–C–N with tert-alkyl or cyclic N) is 1. The van der Waals surface area contributed by atoms with E-state index < -0.39 is 0 Å². The number of likely N-dealkylation sites (tertiary alicyclic amines) is 1. The van der Waals surface area contributed by atoms with Gasteiger partial charge >= 0.3 is 0 Å². The van der Waals surface area contributed by atoms with Gasteiger partial charge in [0.25, 0.3) is 5.91 Å². The molecule has 116 valence electrons. The first-order valence-electron chi connectivity index (χ1n) is 7.12. The molecule has 0 spiro atoms. The zero-order valence-corrected chi connectivity index (χ0v) is 12.9. The van der Waals surface area contributed by atoms with Crippen LogP contribution in [0.5, 0.6) is 5.75 Å². The number of aliphatic hydroxyl groups excluding tert-OH is 1. The second-order valence-electron chi connectivity index (χ2n) is 5.11. The van der Waals surface area contributed by atoms with Crippen LogP contribution in [0.4, 0.5) is 0 Å². The largest absolute Gasteiger partial charge is 0.497 e. The Morgan fingerprint density at radius 1 is 1.57 bits per heavy atom. The molecule has 2 N–H and O–H groups in total. The van der Waals surface area contributed by atoms with Crippen LogP contribution in [-0.4, -0.2) is 55.3 Å². The van der Waals surface area contributed by atoms with Gasteiger partial charge in [-0.25, -0.2) is 0 Å². The van der Waals surface area contributed by atoms with E-state index in [1.165, 1.54) is 0 Å². The molecule has 1 aromatic rings. The lowest BCUT2D eigenvalue weighted by atomic mass is 10.1. The number of aliphatic hydroxyl groups is 1. The van der Waals surface area contributed by atoms with Crippen molar-refractivity contribution in [1.29, 1.82) is 0 Å². The number of hydrogen-bond acceptors (Lipinski definition) is 4. The first kappa shape index (κ1) is 16.1. The van der Waals surface area contributed by atoms with Crippen molar-refractivity contribution in [1.82, 2.24) is 10.2 Å². The minimum Gasteiger partial charge on any atom is -0.497 e. The Hall–Kier alpha value is -1.30. The van der Waals surface area contributed by atoms with Gasteiger partial charge in [0.2, 0.25) is 0 Å². The maximum absolute atomic E-state index is 12.2. The van der Waals surface area contributed by atoms with Crippen LogP contribution in [-0.2, 0) is 0 Å². The molecule has 1 unspecified atom stereocenters. The van der Waals surface area contributed by atoms with Gasteiger partial charge in [-0.2, -0.15) is 0 Å². The van der Waals surface area contributed by atoms with E-state index in [-0.39, 0.29) is 18.6 Å². The van der Waals surface area contributed by atoms with E-state index in [4.69, 9.17) is 21.4 Å². The summed E-state index contributed by atoms with van der Waals surface area (Å²) in [5.74, 6) is 0.405. The van der Waals surface area contributed by atoms with Crippen molar-refractivity contribution in [3.05, 3.63) is 28.8 Å². The third-order valence-electron chi connectivity index (χ3n) is 3.80. The van der Waals surface area contributed by atoms with E-state index in [0.29, 0.717) is 29.4 Å². The van der Waals surface area contributed by atoms with Gasteiger partial charge in [-0.1, -0.05) is 11.6 Å². The van der Waals surface area contributed by atoms with E-state index in [1.54, 1.807) is 25.3 Å². The summed E-state index contributed by atoms with van der Waals surface area (Å²) >= 11 is 6.06. The summed E-state index contributed by atoms with van der Waals surface area (Å²) in [6.07, 6.45) is 2.13. The Bertz CT molecular complexity index is 496. The molecule has 1 atom stereocenters. The van der Waals surface area contributed by atoms with Gasteiger partial charge in [-0.3, -0.25) is 9.69 Å². The van der Waals surface area contributed by atoms with Gasteiger partial charge in [-0.05, 0) is 37.6 Å². The zero-order chi connectivity index (χ0) is 15.2. The van der Waals surface area contributed by atoms with Crippen LogP contribution in [0.2, 0.25) is 5.02 Å². The summed E-state index contributed by atoms with van der Waals surface area (Å²) in [4.78, 5) is 14.4. The Balaban J connectivity index is 1.95. The summed E-state index contributed by atoms with van der Waals surface area (Å²) < 4.78 is 5.11. The number of ether oxygens (including phenoxy) is 1. The monoisotopic (exact) mass is 312 g/mol. The molecule has 21 heavy (non-hydrogen) atoms. The van der Waals surface area contributed by atoms with Gasteiger partial charge in [0.05, 0.1) is 24.3 Å². The second-order valence-corrected chi connectivity index (χ2v) is 5.52. The zero-order valence-electron chi connectivity index (χ0n) is 12.1. The molecule has 0 aromatic heterocycles. The molecule has 0 saturated carbocycles. The highest BCUT2D eigenvalue weighted by atomic mass is 35.5. The van der Waals surface area contributed by atoms with Crippen molar-refractivity contribution in [3.8, 4) is 5.75 Å². The molecule has 1 fully saturated rings. The highest BCUT2D eigenvalue weighted by Gasteiger charge is 2.24. The van der Waals surface area contributed by atoms with E-state index in [9.17, 15) is 4.79 Å². The molecule has 2 rings (SSSR count). The number of carbonyl (C=O) groups is 1. The van der Waals surface area contributed by atoms with Crippen molar-refractivity contribution in [2.75, 3.05) is 33.4 Å². The summed E-state index contributed by atoms with van der Waals surface area (Å²) in [6.45, 7) is 2.33. The van der Waals surface area contributed by atoms with E-state index >= 15 is 0 Å². The first-order valence-corrected chi connectivity index (χ1v) is 7.50. The van der Waals surface area contributed by atoms with Crippen LogP contribution in [0.15, 0.2) is 18.2 Å². The lowest BCUT2D eigenvalue weighted by Crippen LogP contribution is -2.41. The van der Waals surface area contributed by atoms with Gasteiger partial charge in [0.1, 0.15) is 5.75 Å². The molecule has 6 heteroatoms. The number of methoxy groups -OCH3 is 1. The van der Waals surface area contributed by atoms with Gasteiger partial charge < -0.3 is 15.2 Å². The first-order chi connectivity index (χ1) is 10.2. The molecule has 1 aliphatic heterocycles. The van der Waals surface area contributed by atoms with E-state index in [0.717, 1.165) is 19.4 Å². The summed E-state index contributed by atoms with van der Waals surface area (Å²) in [5.41, 5.74) is 0.419. The average Bonchev–Trinajstić information content (AvgIpc) is 2.93. The number of halogens is 1. The minimum absolute atomic E-state index is 0.145. The molecule has 1 saturated heterocycles. The molecular formula is C15H21ClN2O3. The van der Waals surface area contributed by atoms with Crippen LogP contribution in [0.25, 0.3) is 0 Å². The number of hydrogen-bond donors (Lipinski definition) is 2. The SMILES string of the molecule is COc1ccc(Cl)c(C(=O)NCC2CCCN2CCO)c1. The predicted octanol–water partition coefficient (Wildman–Crippen LogP) is 1.54. The predicted molar refractivity (Wildman–Crippen MR) is 82.0 cm³/mol. The average molecular weight is 313 g/mol. The van der Waals surface area contributed by atoms with E-state index in [1.807, 2.05) is 0 Å². The highest BCUT2D eigenvalue weighted by Crippen LogP contribution is 2.22. The second kappa shape index (κ2) is 7.64. The van der Waals surface area contributed by atoms with Crippen molar-refractivity contribution in [2.45, 2.75) is 18.9 Å². The molecule has 0 radical (unpaired) electrons. The standard InChI is InChI=1S/C15H21ClN2O3/c1-21-12-4-5-14(16)13(9-12)15(20)17-10-11-3-2-6-18(11)7-8-19/h4-5,9,11,19H,2-3,6-8,10H2,1H3,(H,17,20). The Morgan fingerprint density at radius 3 is 3.10 bits per heavy atom. The molecule has 0 bridgehead atoms. The van der Waals surface area contributed by atoms with Crippen LogP contribution >= 0.6 is 11.6 Å².